The van der Waals surface area contributed by atoms with Crippen LogP contribution in [0.15, 0.2) is 0 Å². The Morgan fingerprint density at radius 3 is 2.29 bits per heavy atom. The number of carbonyl (C=O) groups is 2. The van der Waals surface area contributed by atoms with Crippen LogP contribution in [0, 0.1) is 11.3 Å². The highest BCUT2D eigenvalue weighted by Gasteiger charge is 2.38. The maximum Gasteiger partial charge on any atom is 0.229 e. The number of aliphatic hydroxyl groups is 1. The van der Waals surface area contributed by atoms with Gasteiger partial charge in [0.05, 0.1) is 6.10 Å². The molecule has 0 spiro atoms. The van der Waals surface area contributed by atoms with Crippen molar-refractivity contribution >= 4 is 11.8 Å². The van der Waals surface area contributed by atoms with Crippen molar-refractivity contribution in [2.45, 2.75) is 52.1 Å². The molecule has 96 valence electrons. The molecule has 1 saturated carbocycles. The summed E-state index contributed by atoms with van der Waals surface area (Å²) in [4.78, 5) is 25.3. The molecular formula is C13H21NO3. The zero-order valence-electron chi connectivity index (χ0n) is 10.6. The summed E-state index contributed by atoms with van der Waals surface area (Å²) in [6.45, 7) is 4.42. The lowest BCUT2D eigenvalue weighted by atomic mass is 9.81. The third-order valence-electron chi connectivity index (χ3n) is 3.82. The van der Waals surface area contributed by atoms with Gasteiger partial charge in [-0.3, -0.25) is 14.5 Å². The topological polar surface area (TPSA) is 57.6 Å². The monoisotopic (exact) mass is 239 g/mol. The minimum Gasteiger partial charge on any atom is -0.393 e. The standard InChI is InChI=1S/C13H21NO3/c1-13(2)6-11(16)14(12(17)7-13)8-9-3-4-10(15)5-9/h9-10,15H,3-8H2,1-2H3. The van der Waals surface area contributed by atoms with Gasteiger partial charge in [0, 0.05) is 19.4 Å². The summed E-state index contributed by atoms with van der Waals surface area (Å²) in [6, 6.07) is 0. The molecule has 0 aromatic rings. The van der Waals surface area contributed by atoms with E-state index in [0.717, 1.165) is 19.3 Å². The van der Waals surface area contributed by atoms with Crippen molar-refractivity contribution < 1.29 is 14.7 Å². The quantitative estimate of drug-likeness (QED) is 0.739. The van der Waals surface area contributed by atoms with E-state index in [1.165, 1.54) is 4.90 Å². The molecule has 2 amide bonds. The van der Waals surface area contributed by atoms with Crippen LogP contribution in [0.3, 0.4) is 0 Å². The largest absolute Gasteiger partial charge is 0.393 e. The van der Waals surface area contributed by atoms with Crippen LogP contribution < -0.4 is 0 Å². The van der Waals surface area contributed by atoms with Crippen molar-refractivity contribution in [2.75, 3.05) is 6.54 Å². The Bertz CT molecular complexity index is 318. The molecule has 1 saturated heterocycles. The number of carbonyl (C=O) groups excluding carboxylic acids is 2. The Morgan fingerprint density at radius 1 is 1.24 bits per heavy atom. The molecule has 2 unspecified atom stereocenters. The molecule has 1 aliphatic carbocycles. The maximum atomic E-state index is 11.9. The summed E-state index contributed by atoms with van der Waals surface area (Å²) in [7, 11) is 0. The summed E-state index contributed by atoms with van der Waals surface area (Å²) in [5, 5.41) is 9.46. The maximum absolute atomic E-state index is 11.9. The number of likely N-dealkylation sites (tertiary alicyclic amines) is 1. The zero-order valence-corrected chi connectivity index (χ0v) is 10.6. The molecule has 0 bridgehead atoms. The first-order valence-corrected chi connectivity index (χ1v) is 6.39. The zero-order chi connectivity index (χ0) is 12.6. The Labute approximate surface area is 102 Å². The van der Waals surface area contributed by atoms with E-state index in [1.54, 1.807) is 0 Å². The van der Waals surface area contributed by atoms with Crippen LogP contribution in [0.25, 0.3) is 0 Å². The molecule has 1 N–H and O–H groups in total. The molecule has 0 aromatic heterocycles. The van der Waals surface area contributed by atoms with Crippen LogP contribution in [0.4, 0.5) is 0 Å². The van der Waals surface area contributed by atoms with E-state index in [4.69, 9.17) is 0 Å². The normalized spacial score (nSPS) is 33.2. The second-order valence-electron chi connectivity index (χ2n) is 6.25. The molecule has 17 heavy (non-hydrogen) atoms. The van der Waals surface area contributed by atoms with Crippen LogP contribution in [-0.4, -0.2) is 34.5 Å². The van der Waals surface area contributed by atoms with Gasteiger partial charge in [-0.15, -0.1) is 0 Å². The summed E-state index contributed by atoms with van der Waals surface area (Å²) >= 11 is 0. The third-order valence-corrected chi connectivity index (χ3v) is 3.82. The summed E-state index contributed by atoms with van der Waals surface area (Å²) in [5.74, 6) is 0.194. The van der Waals surface area contributed by atoms with Crippen LogP contribution in [0.2, 0.25) is 0 Å². The highest BCUT2D eigenvalue weighted by atomic mass is 16.3. The van der Waals surface area contributed by atoms with E-state index in [2.05, 4.69) is 0 Å². The predicted molar refractivity (Wildman–Crippen MR) is 63.1 cm³/mol. The molecule has 4 nitrogen and oxygen atoms in total. The first-order chi connectivity index (χ1) is 7.87. The minimum absolute atomic E-state index is 0.0485. The molecule has 1 aliphatic heterocycles. The van der Waals surface area contributed by atoms with Crippen molar-refractivity contribution in [3.05, 3.63) is 0 Å². The molecule has 4 heteroatoms. The van der Waals surface area contributed by atoms with Gasteiger partial charge in [0.1, 0.15) is 0 Å². The number of amides is 2. The van der Waals surface area contributed by atoms with Gasteiger partial charge in [-0.05, 0) is 30.6 Å². The van der Waals surface area contributed by atoms with Crippen molar-refractivity contribution in [2.24, 2.45) is 11.3 Å². The Balaban J connectivity index is 1.97. The van der Waals surface area contributed by atoms with Gasteiger partial charge in [-0.2, -0.15) is 0 Å². The van der Waals surface area contributed by atoms with Gasteiger partial charge in [0.25, 0.3) is 0 Å². The SMILES string of the molecule is CC1(C)CC(=O)N(CC2CCC(O)C2)C(=O)C1. The summed E-state index contributed by atoms with van der Waals surface area (Å²) in [6.07, 6.45) is 3.10. The van der Waals surface area contributed by atoms with Crippen molar-refractivity contribution in [1.29, 1.82) is 0 Å². The van der Waals surface area contributed by atoms with Gasteiger partial charge in [-0.1, -0.05) is 13.8 Å². The Kier molecular flexibility index (Phi) is 3.25. The average molecular weight is 239 g/mol. The van der Waals surface area contributed by atoms with E-state index in [1.807, 2.05) is 13.8 Å². The van der Waals surface area contributed by atoms with Crippen LogP contribution in [0.1, 0.15) is 46.0 Å². The lowest BCUT2D eigenvalue weighted by Gasteiger charge is -2.35. The average Bonchev–Trinajstić information content (AvgIpc) is 2.56. The highest BCUT2D eigenvalue weighted by Crippen LogP contribution is 2.33. The molecule has 2 fully saturated rings. The lowest BCUT2D eigenvalue weighted by molar-refractivity contribution is -0.153. The van der Waals surface area contributed by atoms with Crippen molar-refractivity contribution in [1.82, 2.24) is 4.90 Å². The highest BCUT2D eigenvalue weighted by molar-refractivity contribution is 5.98. The second kappa shape index (κ2) is 4.41. The number of hydrogen-bond acceptors (Lipinski definition) is 3. The molecule has 2 rings (SSSR count). The predicted octanol–water partition coefficient (Wildman–Crippen LogP) is 1.32. The number of imide groups is 1. The second-order valence-corrected chi connectivity index (χ2v) is 6.25. The summed E-state index contributed by atoms with van der Waals surface area (Å²) in [5.41, 5.74) is -0.195. The van der Waals surface area contributed by atoms with E-state index in [9.17, 15) is 14.7 Å². The number of piperidine rings is 1. The van der Waals surface area contributed by atoms with Gasteiger partial charge in [0.2, 0.25) is 11.8 Å². The van der Waals surface area contributed by atoms with Crippen molar-refractivity contribution in [3.8, 4) is 0 Å². The van der Waals surface area contributed by atoms with E-state index in [-0.39, 0.29) is 23.3 Å². The molecule has 2 aliphatic rings. The molecule has 2 atom stereocenters. The molecule has 1 heterocycles. The van der Waals surface area contributed by atoms with Crippen LogP contribution >= 0.6 is 0 Å². The number of rotatable bonds is 2. The van der Waals surface area contributed by atoms with Gasteiger partial charge in [-0.25, -0.2) is 0 Å². The fourth-order valence-corrected chi connectivity index (χ4v) is 2.89. The number of nitrogens with zero attached hydrogens (tertiary/aromatic N) is 1. The van der Waals surface area contributed by atoms with E-state index >= 15 is 0 Å². The number of hydrogen-bond donors (Lipinski definition) is 1. The Hall–Kier alpha value is -0.900. The number of aliphatic hydroxyl groups excluding tert-OH is 1. The van der Waals surface area contributed by atoms with Crippen LogP contribution in [-0.2, 0) is 9.59 Å². The van der Waals surface area contributed by atoms with E-state index < -0.39 is 0 Å². The molecule has 0 radical (unpaired) electrons. The summed E-state index contributed by atoms with van der Waals surface area (Å²) < 4.78 is 0. The smallest absolute Gasteiger partial charge is 0.229 e. The van der Waals surface area contributed by atoms with Gasteiger partial charge >= 0.3 is 0 Å². The molecular weight excluding hydrogens is 218 g/mol. The lowest BCUT2D eigenvalue weighted by Crippen LogP contribution is -2.47. The van der Waals surface area contributed by atoms with Crippen LogP contribution in [0.5, 0.6) is 0 Å². The fraction of sp³-hybridized carbons (Fsp3) is 0.846. The van der Waals surface area contributed by atoms with Gasteiger partial charge in [0.15, 0.2) is 0 Å². The van der Waals surface area contributed by atoms with Crippen molar-refractivity contribution in [3.63, 3.8) is 0 Å². The first kappa shape index (κ1) is 12.6. The first-order valence-electron chi connectivity index (χ1n) is 6.39. The minimum atomic E-state index is -0.244. The Morgan fingerprint density at radius 2 is 1.82 bits per heavy atom. The third kappa shape index (κ3) is 2.86. The fourth-order valence-electron chi connectivity index (χ4n) is 2.89. The molecule has 0 aromatic carbocycles. The van der Waals surface area contributed by atoms with E-state index in [0.29, 0.717) is 25.3 Å². The van der Waals surface area contributed by atoms with Gasteiger partial charge < -0.3 is 5.11 Å².